The van der Waals surface area contributed by atoms with Crippen molar-refractivity contribution >= 4 is 49.5 Å². The van der Waals surface area contributed by atoms with Gasteiger partial charge in [0, 0.05) is 17.6 Å². The minimum Gasteiger partial charge on any atom is -0.295 e. The minimum absolute atomic E-state index is 0.857. The van der Waals surface area contributed by atoms with E-state index in [4.69, 9.17) is 4.98 Å². The van der Waals surface area contributed by atoms with Gasteiger partial charge in [-0.15, -0.1) is 0 Å². The number of benzene rings is 9. The van der Waals surface area contributed by atoms with Gasteiger partial charge >= 0.3 is 0 Å². The highest BCUT2D eigenvalue weighted by atomic mass is 15.2. The Morgan fingerprint density at radius 3 is 1.35 bits per heavy atom. The lowest BCUT2D eigenvalue weighted by atomic mass is 9.85. The summed E-state index contributed by atoms with van der Waals surface area (Å²) in [5.41, 5.74) is 11.6. The number of pyridine rings is 1. The van der Waals surface area contributed by atoms with Crippen LogP contribution in [0.15, 0.2) is 219 Å². The molecule has 0 radical (unpaired) electrons. The highest BCUT2D eigenvalue weighted by molar-refractivity contribution is 6.21. The second-order valence-corrected chi connectivity index (χ2v) is 14.0. The van der Waals surface area contributed by atoms with Crippen LogP contribution >= 0.6 is 0 Å². The third kappa shape index (κ3) is 6.00. The van der Waals surface area contributed by atoms with Crippen LogP contribution in [0.2, 0.25) is 0 Å². The predicted octanol–water partition coefficient (Wildman–Crippen LogP) is 14.7. The molecule has 0 unspecified atom stereocenters. The SMILES string of the molecule is c1ccc(-c2cc(-c3ccccc3)cc(N(c3ccc(-c4c5ccccc5c(-c5ccc6ccccc6c5)c5ccccc45)cc3)c3ccccn3)c2)cc1. The lowest BCUT2D eigenvalue weighted by molar-refractivity contribution is 1.18. The van der Waals surface area contributed by atoms with E-state index in [1.54, 1.807) is 0 Å². The maximum absolute atomic E-state index is 4.88. The fraction of sp³-hybridized carbons (Fsp3) is 0. The van der Waals surface area contributed by atoms with Crippen LogP contribution in [0.1, 0.15) is 0 Å². The van der Waals surface area contributed by atoms with Gasteiger partial charge in [0.25, 0.3) is 0 Å². The van der Waals surface area contributed by atoms with Gasteiger partial charge in [0.2, 0.25) is 0 Å². The van der Waals surface area contributed by atoms with E-state index >= 15 is 0 Å². The molecule has 0 aliphatic rings. The highest BCUT2D eigenvalue weighted by Crippen LogP contribution is 2.45. The van der Waals surface area contributed by atoms with Gasteiger partial charge in [0.15, 0.2) is 0 Å². The Bertz CT molecular complexity index is 2840. The molecule has 258 valence electrons. The molecule has 0 fully saturated rings. The van der Waals surface area contributed by atoms with Crippen LogP contribution in [0, 0.1) is 0 Å². The first-order chi connectivity index (χ1) is 27.3. The number of rotatable bonds is 7. The smallest absolute Gasteiger partial charge is 0.137 e. The predicted molar refractivity (Wildman–Crippen MR) is 233 cm³/mol. The highest BCUT2D eigenvalue weighted by Gasteiger charge is 2.19. The second kappa shape index (κ2) is 13.9. The zero-order valence-electron chi connectivity index (χ0n) is 30.2. The molecule has 10 aromatic rings. The van der Waals surface area contributed by atoms with Gasteiger partial charge in [0.1, 0.15) is 5.82 Å². The lowest BCUT2D eigenvalue weighted by Crippen LogP contribution is -2.11. The minimum atomic E-state index is 0.857. The third-order valence-electron chi connectivity index (χ3n) is 10.7. The molecule has 0 atom stereocenters. The number of nitrogens with zero attached hydrogens (tertiary/aromatic N) is 2. The molecule has 1 aromatic heterocycles. The van der Waals surface area contributed by atoms with Gasteiger partial charge in [-0.2, -0.15) is 0 Å². The van der Waals surface area contributed by atoms with E-state index in [9.17, 15) is 0 Å². The van der Waals surface area contributed by atoms with Crippen LogP contribution in [0.5, 0.6) is 0 Å². The quantitative estimate of drug-likeness (QED) is 0.154. The van der Waals surface area contributed by atoms with Crippen LogP contribution in [0.3, 0.4) is 0 Å². The van der Waals surface area contributed by atoms with Gasteiger partial charge in [-0.3, -0.25) is 4.90 Å². The Morgan fingerprint density at radius 1 is 0.291 bits per heavy atom. The Balaban J connectivity index is 1.14. The van der Waals surface area contributed by atoms with Crippen molar-refractivity contribution in [2.24, 2.45) is 0 Å². The first-order valence-corrected chi connectivity index (χ1v) is 18.8. The van der Waals surface area contributed by atoms with Crippen molar-refractivity contribution in [1.29, 1.82) is 0 Å². The summed E-state index contributed by atoms with van der Waals surface area (Å²) >= 11 is 0. The average molecular weight is 701 g/mol. The van der Waals surface area contributed by atoms with Crippen molar-refractivity contribution in [3.63, 3.8) is 0 Å². The largest absolute Gasteiger partial charge is 0.295 e. The molecule has 2 nitrogen and oxygen atoms in total. The van der Waals surface area contributed by atoms with E-state index in [-0.39, 0.29) is 0 Å². The zero-order valence-corrected chi connectivity index (χ0v) is 30.2. The van der Waals surface area contributed by atoms with Crippen molar-refractivity contribution in [3.05, 3.63) is 219 Å². The van der Waals surface area contributed by atoms with Crippen LogP contribution in [0.25, 0.3) is 76.8 Å². The summed E-state index contributed by atoms with van der Waals surface area (Å²) in [6, 6.07) is 76.4. The van der Waals surface area contributed by atoms with Crippen LogP contribution in [-0.4, -0.2) is 4.98 Å². The maximum atomic E-state index is 4.88. The van der Waals surface area contributed by atoms with Gasteiger partial charge in [-0.1, -0.05) is 164 Å². The van der Waals surface area contributed by atoms with Gasteiger partial charge in [0.05, 0.1) is 0 Å². The Morgan fingerprint density at radius 2 is 0.782 bits per heavy atom. The van der Waals surface area contributed by atoms with Crippen molar-refractivity contribution in [2.75, 3.05) is 4.90 Å². The van der Waals surface area contributed by atoms with E-state index in [2.05, 4.69) is 211 Å². The molecule has 2 heteroatoms. The molecule has 0 saturated carbocycles. The third-order valence-corrected chi connectivity index (χ3v) is 10.7. The molecular weight excluding hydrogens is 665 g/mol. The van der Waals surface area contributed by atoms with Crippen molar-refractivity contribution in [3.8, 4) is 44.5 Å². The molecular formula is C53H36N2. The molecule has 0 saturated heterocycles. The Kier molecular flexibility index (Phi) is 8.20. The summed E-state index contributed by atoms with van der Waals surface area (Å²) in [7, 11) is 0. The van der Waals surface area contributed by atoms with Crippen LogP contribution < -0.4 is 4.90 Å². The first kappa shape index (κ1) is 32.4. The van der Waals surface area contributed by atoms with Crippen molar-refractivity contribution < 1.29 is 0 Å². The summed E-state index contributed by atoms with van der Waals surface area (Å²) in [5, 5.41) is 7.46. The van der Waals surface area contributed by atoms with Crippen LogP contribution in [-0.2, 0) is 0 Å². The summed E-state index contributed by atoms with van der Waals surface area (Å²) in [6.07, 6.45) is 1.87. The lowest BCUT2D eigenvalue weighted by Gasteiger charge is -2.26. The molecule has 0 spiro atoms. The Labute approximate surface area is 321 Å². The molecule has 1 heterocycles. The molecule has 0 amide bonds. The summed E-state index contributed by atoms with van der Waals surface area (Å²) in [5.74, 6) is 0.857. The average Bonchev–Trinajstić information content (AvgIpc) is 3.26. The zero-order chi connectivity index (χ0) is 36.6. The molecule has 0 N–H and O–H groups in total. The molecule has 55 heavy (non-hydrogen) atoms. The summed E-state index contributed by atoms with van der Waals surface area (Å²) < 4.78 is 0. The standard InChI is InChI=1S/C53H36N2/c1-3-15-37(16-4-1)43-34-44(38-17-5-2-6-18-38)36-46(35-43)55(51-25-13-14-32-54-51)45-30-28-40(29-31-45)52-47-21-9-11-23-49(47)53(50-24-12-10-22-48(50)52)42-27-26-39-19-7-8-20-41(39)33-42/h1-36H. The van der Waals surface area contributed by atoms with Gasteiger partial charge < -0.3 is 0 Å². The van der Waals surface area contributed by atoms with Crippen LogP contribution in [0.4, 0.5) is 17.2 Å². The molecule has 10 rings (SSSR count). The summed E-state index contributed by atoms with van der Waals surface area (Å²) in [4.78, 5) is 7.15. The van der Waals surface area contributed by atoms with E-state index in [1.807, 2.05) is 12.3 Å². The van der Waals surface area contributed by atoms with Gasteiger partial charge in [-0.05, 0) is 125 Å². The van der Waals surface area contributed by atoms with E-state index in [0.717, 1.165) is 28.3 Å². The molecule has 9 aromatic carbocycles. The Hall–Kier alpha value is -7.29. The molecule has 0 bridgehead atoms. The number of fused-ring (bicyclic) bond motifs is 3. The second-order valence-electron chi connectivity index (χ2n) is 14.0. The fourth-order valence-corrected chi connectivity index (χ4v) is 8.11. The number of aromatic nitrogens is 1. The number of hydrogen-bond donors (Lipinski definition) is 0. The van der Waals surface area contributed by atoms with E-state index in [1.165, 1.54) is 65.7 Å². The van der Waals surface area contributed by atoms with E-state index < -0.39 is 0 Å². The van der Waals surface area contributed by atoms with E-state index in [0.29, 0.717) is 0 Å². The van der Waals surface area contributed by atoms with Crippen molar-refractivity contribution in [2.45, 2.75) is 0 Å². The maximum Gasteiger partial charge on any atom is 0.137 e. The normalized spacial score (nSPS) is 11.3. The first-order valence-electron chi connectivity index (χ1n) is 18.8. The van der Waals surface area contributed by atoms with Crippen molar-refractivity contribution in [1.82, 2.24) is 4.98 Å². The topological polar surface area (TPSA) is 16.1 Å². The molecule has 0 aliphatic heterocycles. The monoisotopic (exact) mass is 700 g/mol. The molecule has 0 aliphatic carbocycles. The van der Waals surface area contributed by atoms with Gasteiger partial charge in [-0.25, -0.2) is 4.98 Å². The number of anilines is 3. The number of hydrogen-bond acceptors (Lipinski definition) is 2. The fourth-order valence-electron chi connectivity index (χ4n) is 8.11. The summed E-state index contributed by atoms with van der Waals surface area (Å²) in [6.45, 7) is 0.